The van der Waals surface area contributed by atoms with E-state index in [-0.39, 0.29) is 18.3 Å². The monoisotopic (exact) mass is 418 g/mol. The van der Waals surface area contributed by atoms with Crippen molar-refractivity contribution < 1.29 is 13.5 Å². The van der Waals surface area contributed by atoms with E-state index in [1.165, 1.54) is 51.4 Å². The standard InChI is InChI=1S/C27H40F2O/c1-3-5-7-8-20-9-11-21(12-10-20)22-13-15-23(16-14-22)24-17-18-25(27(29)26(24)28)30-19-6-4-2/h4,6,17-18,20-23H,3,5,7-16,19H2,1-2H3/b6-4+. The number of ether oxygens (including phenoxy) is 1. The van der Waals surface area contributed by atoms with Crippen LogP contribution in [0.25, 0.3) is 0 Å². The van der Waals surface area contributed by atoms with Gasteiger partial charge in [-0.3, -0.25) is 0 Å². The lowest BCUT2D eigenvalue weighted by atomic mass is 9.68. The van der Waals surface area contributed by atoms with E-state index in [0.717, 1.165) is 43.4 Å². The Morgan fingerprint density at radius 1 is 0.900 bits per heavy atom. The molecule has 2 fully saturated rings. The molecule has 1 aromatic carbocycles. The summed E-state index contributed by atoms with van der Waals surface area (Å²) in [5.41, 5.74) is 0.545. The van der Waals surface area contributed by atoms with Gasteiger partial charge in [-0.25, -0.2) is 4.39 Å². The van der Waals surface area contributed by atoms with E-state index in [0.29, 0.717) is 5.56 Å². The van der Waals surface area contributed by atoms with Gasteiger partial charge in [0.15, 0.2) is 11.6 Å². The van der Waals surface area contributed by atoms with Gasteiger partial charge in [0, 0.05) is 0 Å². The Balaban J connectivity index is 1.48. The fourth-order valence-corrected chi connectivity index (χ4v) is 5.74. The number of hydrogen-bond donors (Lipinski definition) is 0. The van der Waals surface area contributed by atoms with E-state index in [4.69, 9.17) is 4.74 Å². The highest BCUT2D eigenvalue weighted by molar-refractivity contribution is 5.33. The predicted octanol–water partition coefficient (Wildman–Crippen LogP) is 8.58. The Bertz CT molecular complexity index is 668. The summed E-state index contributed by atoms with van der Waals surface area (Å²) in [6.07, 6.45) is 19.0. The van der Waals surface area contributed by atoms with Crippen molar-refractivity contribution in [3.05, 3.63) is 41.5 Å². The van der Waals surface area contributed by atoms with Crippen LogP contribution < -0.4 is 4.74 Å². The maximum Gasteiger partial charge on any atom is 0.200 e. The van der Waals surface area contributed by atoms with E-state index in [2.05, 4.69) is 6.92 Å². The molecule has 3 rings (SSSR count). The van der Waals surface area contributed by atoms with Crippen LogP contribution in [0.1, 0.15) is 102 Å². The van der Waals surface area contributed by atoms with Gasteiger partial charge >= 0.3 is 0 Å². The van der Waals surface area contributed by atoms with Crippen LogP contribution in [0, 0.1) is 29.4 Å². The minimum Gasteiger partial charge on any atom is -0.486 e. The van der Waals surface area contributed by atoms with Crippen molar-refractivity contribution in [3.8, 4) is 5.75 Å². The minimum atomic E-state index is -0.833. The van der Waals surface area contributed by atoms with Gasteiger partial charge in [0.25, 0.3) is 0 Å². The third-order valence-electron chi connectivity index (χ3n) is 7.63. The first-order valence-electron chi connectivity index (χ1n) is 12.4. The van der Waals surface area contributed by atoms with Gasteiger partial charge in [0.2, 0.25) is 5.82 Å². The molecule has 2 aliphatic rings. The molecule has 2 aliphatic carbocycles. The number of rotatable bonds is 9. The summed E-state index contributed by atoms with van der Waals surface area (Å²) in [4.78, 5) is 0. The molecule has 0 amide bonds. The van der Waals surface area contributed by atoms with Crippen LogP contribution in [-0.4, -0.2) is 6.61 Å². The number of halogens is 2. The lowest BCUT2D eigenvalue weighted by Gasteiger charge is -2.38. The summed E-state index contributed by atoms with van der Waals surface area (Å²) >= 11 is 0. The highest BCUT2D eigenvalue weighted by atomic mass is 19.2. The van der Waals surface area contributed by atoms with Crippen LogP contribution in [0.4, 0.5) is 8.78 Å². The summed E-state index contributed by atoms with van der Waals surface area (Å²) in [6, 6.07) is 3.35. The number of benzene rings is 1. The molecule has 1 aromatic rings. The van der Waals surface area contributed by atoms with Gasteiger partial charge in [-0.05, 0) is 80.8 Å². The molecule has 0 radical (unpaired) electrons. The maximum atomic E-state index is 14.7. The maximum absolute atomic E-state index is 14.7. The van der Waals surface area contributed by atoms with Crippen molar-refractivity contribution in [1.82, 2.24) is 0 Å². The Hall–Kier alpha value is -1.38. The zero-order valence-corrected chi connectivity index (χ0v) is 19.0. The Kier molecular flexibility index (Phi) is 9.21. The molecule has 0 saturated heterocycles. The molecule has 2 saturated carbocycles. The summed E-state index contributed by atoms with van der Waals surface area (Å²) < 4.78 is 34.5. The van der Waals surface area contributed by atoms with Crippen molar-refractivity contribution in [1.29, 1.82) is 0 Å². The van der Waals surface area contributed by atoms with E-state index in [1.807, 2.05) is 13.0 Å². The molecule has 0 heterocycles. The number of unbranched alkanes of at least 4 members (excludes halogenated alkanes) is 2. The Morgan fingerprint density at radius 3 is 2.20 bits per heavy atom. The zero-order valence-electron chi connectivity index (χ0n) is 19.0. The summed E-state index contributed by atoms with van der Waals surface area (Å²) in [6.45, 7) is 4.41. The fourth-order valence-electron chi connectivity index (χ4n) is 5.74. The van der Waals surface area contributed by atoms with Crippen molar-refractivity contribution in [2.45, 2.75) is 96.8 Å². The molecule has 0 spiro atoms. The minimum absolute atomic E-state index is 0.0127. The number of hydrogen-bond acceptors (Lipinski definition) is 1. The average Bonchev–Trinajstić information content (AvgIpc) is 2.78. The summed E-state index contributed by atoms with van der Waals surface area (Å²) in [5, 5.41) is 0. The molecule has 0 aromatic heterocycles. The molecule has 0 N–H and O–H groups in total. The highest BCUT2D eigenvalue weighted by Gasteiger charge is 2.32. The van der Waals surface area contributed by atoms with Gasteiger partial charge in [0.05, 0.1) is 0 Å². The molecule has 0 unspecified atom stereocenters. The van der Waals surface area contributed by atoms with Gasteiger partial charge in [0.1, 0.15) is 6.61 Å². The third-order valence-corrected chi connectivity index (χ3v) is 7.63. The van der Waals surface area contributed by atoms with Crippen molar-refractivity contribution in [2.75, 3.05) is 6.61 Å². The SMILES string of the molecule is C/C=C/COc1ccc(C2CCC(C3CCC(CCCCC)CC3)CC2)c(F)c1F. The quantitative estimate of drug-likeness (QED) is 0.288. The van der Waals surface area contributed by atoms with Crippen molar-refractivity contribution in [3.63, 3.8) is 0 Å². The normalized spacial score (nSPS) is 27.5. The molecule has 0 atom stereocenters. The zero-order chi connectivity index (χ0) is 21.3. The van der Waals surface area contributed by atoms with Crippen LogP contribution >= 0.6 is 0 Å². The number of allylic oxidation sites excluding steroid dienone is 1. The molecular weight excluding hydrogens is 378 g/mol. The molecule has 0 aliphatic heterocycles. The lowest BCUT2D eigenvalue weighted by molar-refractivity contribution is 0.155. The first kappa shape index (κ1) is 23.3. The molecular formula is C27H40F2O. The van der Waals surface area contributed by atoms with Crippen molar-refractivity contribution >= 4 is 0 Å². The van der Waals surface area contributed by atoms with Gasteiger partial charge in [-0.15, -0.1) is 0 Å². The second-order valence-electron chi connectivity index (χ2n) is 9.55. The summed E-state index contributed by atoms with van der Waals surface area (Å²) in [5.74, 6) is 1.22. The lowest BCUT2D eigenvalue weighted by Crippen LogP contribution is -2.25. The van der Waals surface area contributed by atoms with Crippen molar-refractivity contribution in [2.24, 2.45) is 17.8 Å². The van der Waals surface area contributed by atoms with Gasteiger partial charge in [-0.2, -0.15) is 4.39 Å². The summed E-state index contributed by atoms with van der Waals surface area (Å²) in [7, 11) is 0. The first-order valence-corrected chi connectivity index (χ1v) is 12.4. The Labute approximate surface area is 182 Å². The van der Waals surface area contributed by atoms with E-state index in [1.54, 1.807) is 18.2 Å². The van der Waals surface area contributed by atoms with Crippen LogP contribution in [0.3, 0.4) is 0 Å². The molecule has 1 nitrogen and oxygen atoms in total. The smallest absolute Gasteiger partial charge is 0.200 e. The molecule has 0 bridgehead atoms. The molecule has 30 heavy (non-hydrogen) atoms. The highest BCUT2D eigenvalue weighted by Crippen LogP contribution is 2.45. The van der Waals surface area contributed by atoms with Crippen LogP contribution in [0.5, 0.6) is 5.75 Å². The van der Waals surface area contributed by atoms with E-state index >= 15 is 0 Å². The van der Waals surface area contributed by atoms with E-state index in [9.17, 15) is 8.78 Å². The third kappa shape index (κ3) is 6.08. The van der Waals surface area contributed by atoms with Crippen LogP contribution in [0.2, 0.25) is 0 Å². The molecule has 3 heteroatoms. The average molecular weight is 419 g/mol. The first-order chi connectivity index (χ1) is 14.6. The second-order valence-corrected chi connectivity index (χ2v) is 9.55. The fraction of sp³-hybridized carbons (Fsp3) is 0.704. The Morgan fingerprint density at radius 2 is 1.57 bits per heavy atom. The topological polar surface area (TPSA) is 9.23 Å². The molecule has 168 valence electrons. The predicted molar refractivity (Wildman–Crippen MR) is 121 cm³/mol. The van der Waals surface area contributed by atoms with E-state index < -0.39 is 11.6 Å². The second kappa shape index (κ2) is 11.9. The van der Waals surface area contributed by atoms with Crippen LogP contribution in [-0.2, 0) is 0 Å². The van der Waals surface area contributed by atoms with Gasteiger partial charge in [-0.1, -0.05) is 63.7 Å². The largest absolute Gasteiger partial charge is 0.486 e. The van der Waals surface area contributed by atoms with Crippen LogP contribution in [0.15, 0.2) is 24.3 Å². The van der Waals surface area contributed by atoms with Gasteiger partial charge < -0.3 is 4.74 Å².